The van der Waals surface area contributed by atoms with Gasteiger partial charge in [-0.25, -0.2) is 4.79 Å². The van der Waals surface area contributed by atoms with Crippen molar-refractivity contribution in [2.45, 2.75) is 38.5 Å². The van der Waals surface area contributed by atoms with Crippen molar-refractivity contribution in [3.05, 3.63) is 20.3 Å². The summed E-state index contributed by atoms with van der Waals surface area (Å²) in [4.78, 5) is 38.1. The third-order valence-electron chi connectivity index (χ3n) is 3.52. The van der Waals surface area contributed by atoms with Crippen LogP contribution in [0.5, 0.6) is 0 Å². The van der Waals surface area contributed by atoms with Crippen LogP contribution in [0.4, 0.5) is 5.82 Å². The summed E-state index contributed by atoms with van der Waals surface area (Å²) in [6.07, 6.45) is 0.720. The second-order valence-corrected chi connectivity index (χ2v) is 6.54. The van der Waals surface area contributed by atoms with Crippen LogP contribution in [-0.4, -0.2) is 46.9 Å². The Balaban J connectivity index is 2.18. The normalized spacial score (nSPS) is 23.5. The first-order valence-electron chi connectivity index (χ1n) is 7.24. The highest BCUT2D eigenvalue weighted by Gasteiger charge is 2.35. The number of nitrogens with zero attached hydrogens (tertiary/aromatic N) is 2. The average Bonchev–Trinajstić information content (AvgIpc) is 2.49. The molecule has 0 amide bonds. The van der Waals surface area contributed by atoms with Gasteiger partial charge in [-0.1, -0.05) is 0 Å². The number of nitrogens with two attached hydrogens (primary N) is 1. The molecule has 0 unspecified atom stereocenters. The number of halogens is 1. The molecular weight excluding hydrogens is 433 g/mol. The van der Waals surface area contributed by atoms with Gasteiger partial charge in [0.25, 0.3) is 0 Å². The molecule has 0 radical (unpaired) electrons. The number of rotatable bonds is 4. The third-order valence-corrected chi connectivity index (χ3v) is 4.35. The van der Waals surface area contributed by atoms with Crippen molar-refractivity contribution in [2.75, 3.05) is 18.9 Å². The summed E-state index contributed by atoms with van der Waals surface area (Å²) < 4.78 is 17.9. The van der Waals surface area contributed by atoms with Crippen LogP contribution in [0.15, 0.2) is 11.0 Å². The molecule has 1 aliphatic heterocycles. The van der Waals surface area contributed by atoms with Crippen molar-refractivity contribution in [3.63, 3.8) is 0 Å². The van der Waals surface area contributed by atoms with Crippen molar-refractivity contribution < 1.29 is 23.8 Å². The maximum atomic E-state index is 12.1. The molecule has 1 fully saturated rings. The Morgan fingerprint density at radius 3 is 2.79 bits per heavy atom. The number of anilines is 1. The lowest BCUT2D eigenvalue weighted by Gasteiger charge is -2.35. The number of ether oxygens (including phenoxy) is 3. The van der Waals surface area contributed by atoms with E-state index >= 15 is 0 Å². The van der Waals surface area contributed by atoms with Crippen LogP contribution in [0, 0.1) is 3.57 Å². The van der Waals surface area contributed by atoms with E-state index in [1.54, 1.807) is 6.20 Å². The van der Waals surface area contributed by atoms with Crippen molar-refractivity contribution in [3.8, 4) is 0 Å². The molecule has 1 aliphatic rings. The SMILES string of the molecule is CC(=O)OC[C@H]1OC[C@@H](n2cc(I)c(N)nc2=O)C[C@@H]1OC(C)=O. The van der Waals surface area contributed by atoms with Crippen molar-refractivity contribution in [1.29, 1.82) is 0 Å². The first-order valence-corrected chi connectivity index (χ1v) is 8.32. The van der Waals surface area contributed by atoms with Gasteiger partial charge in [0.1, 0.15) is 24.6 Å². The molecule has 2 heterocycles. The predicted molar refractivity (Wildman–Crippen MR) is 91.2 cm³/mol. The van der Waals surface area contributed by atoms with Crippen LogP contribution in [0.25, 0.3) is 0 Å². The largest absolute Gasteiger partial charge is 0.463 e. The topological polar surface area (TPSA) is 123 Å². The van der Waals surface area contributed by atoms with E-state index in [-0.39, 0.29) is 25.1 Å². The van der Waals surface area contributed by atoms with Gasteiger partial charge in [0, 0.05) is 26.5 Å². The highest BCUT2D eigenvalue weighted by molar-refractivity contribution is 14.1. The second-order valence-electron chi connectivity index (χ2n) is 5.38. The summed E-state index contributed by atoms with van der Waals surface area (Å²) in [5.41, 5.74) is 5.12. The first kappa shape index (κ1) is 18.6. The van der Waals surface area contributed by atoms with Crippen LogP contribution in [0.3, 0.4) is 0 Å². The zero-order valence-corrected chi connectivity index (χ0v) is 15.4. The molecule has 2 N–H and O–H groups in total. The van der Waals surface area contributed by atoms with Crippen LogP contribution >= 0.6 is 22.6 Å². The Morgan fingerprint density at radius 1 is 1.46 bits per heavy atom. The quantitative estimate of drug-likeness (QED) is 0.511. The first-order chi connectivity index (χ1) is 11.3. The standard InChI is InChI=1S/C14H18IN3O6/c1-7(19)22-6-12-11(24-8(2)20)3-9(5-23-12)18-4-10(15)13(16)17-14(18)21/h4,9,11-12H,3,5-6H2,1-2H3,(H2,16,17,21)/t9-,11-,12+/m0/s1. The number of carbonyl (C=O) groups is 2. The molecule has 0 aliphatic carbocycles. The van der Waals surface area contributed by atoms with Gasteiger partial charge >= 0.3 is 17.6 Å². The van der Waals surface area contributed by atoms with Gasteiger partial charge in [-0.05, 0) is 22.6 Å². The Morgan fingerprint density at radius 2 is 2.17 bits per heavy atom. The van der Waals surface area contributed by atoms with E-state index in [1.165, 1.54) is 18.4 Å². The summed E-state index contributed by atoms with van der Waals surface area (Å²) in [6.45, 7) is 2.75. The molecule has 1 saturated heterocycles. The Hall–Kier alpha value is -1.69. The van der Waals surface area contributed by atoms with Crippen LogP contribution < -0.4 is 11.4 Å². The number of aromatic nitrogens is 2. The molecule has 1 aromatic heterocycles. The van der Waals surface area contributed by atoms with Gasteiger partial charge in [-0.2, -0.15) is 4.98 Å². The summed E-state index contributed by atoms with van der Waals surface area (Å²) >= 11 is 1.98. The summed E-state index contributed by atoms with van der Waals surface area (Å²) in [5.74, 6) is -0.761. The molecule has 3 atom stereocenters. The van der Waals surface area contributed by atoms with Gasteiger partial charge in [0.2, 0.25) is 0 Å². The van der Waals surface area contributed by atoms with Gasteiger partial charge in [0.15, 0.2) is 0 Å². The fourth-order valence-corrected chi connectivity index (χ4v) is 2.86. The zero-order valence-electron chi connectivity index (χ0n) is 13.2. The molecular formula is C14H18IN3O6. The molecule has 0 aromatic carbocycles. The van der Waals surface area contributed by atoms with E-state index in [2.05, 4.69) is 4.98 Å². The van der Waals surface area contributed by atoms with Crippen LogP contribution in [0.1, 0.15) is 26.3 Å². The van der Waals surface area contributed by atoms with Gasteiger partial charge in [-0.3, -0.25) is 14.2 Å². The lowest BCUT2D eigenvalue weighted by Crippen LogP contribution is -2.46. The average molecular weight is 451 g/mol. The van der Waals surface area contributed by atoms with Crippen molar-refractivity contribution in [1.82, 2.24) is 9.55 Å². The molecule has 2 rings (SSSR count). The maximum Gasteiger partial charge on any atom is 0.349 e. The molecule has 24 heavy (non-hydrogen) atoms. The third kappa shape index (κ3) is 4.66. The minimum atomic E-state index is -0.636. The smallest absolute Gasteiger partial charge is 0.349 e. The number of esters is 2. The van der Waals surface area contributed by atoms with Gasteiger partial charge < -0.3 is 19.9 Å². The zero-order chi connectivity index (χ0) is 17.9. The fraction of sp³-hybridized carbons (Fsp3) is 0.571. The molecule has 132 valence electrons. The molecule has 0 saturated carbocycles. The number of carbonyl (C=O) groups excluding carboxylic acids is 2. The monoisotopic (exact) mass is 451 g/mol. The Bertz CT molecular complexity index is 692. The van der Waals surface area contributed by atoms with E-state index in [9.17, 15) is 14.4 Å². The highest BCUT2D eigenvalue weighted by Crippen LogP contribution is 2.26. The summed E-state index contributed by atoms with van der Waals surface area (Å²) in [5, 5.41) is 0. The molecule has 10 heteroatoms. The van der Waals surface area contributed by atoms with E-state index in [1.807, 2.05) is 22.6 Å². The number of hydrogen-bond donors (Lipinski definition) is 1. The maximum absolute atomic E-state index is 12.1. The van der Waals surface area contributed by atoms with Gasteiger partial charge in [-0.15, -0.1) is 0 Å². The summed E-state index contributed by atoms with van der Waals surface area (Å²) in [6, 6.07) is -0.364. The Labute approximate surface area is 151 Å². The minimum absolute atomic E-state index is 0.0214. The lowest BCUT2D eigenvalue weighted by atomic mass is 10.0. The van der Waals surface area contributed by atoms with E-state index < -0.39 is 29.8 Å². The number of nitrogen functional groups attached to an aromatic ring is 1. The highest BCUT2D eigenvalue weighted by atomic mass is 127. The summed E-state index contributed by atoms with van der Waals surface area (Å²) in [7, 11) is 0. The molecule has 1 aromatic rings. The second kappa shape index (κ2) is 7.92. The van der Waals surface area contributed by atoms with E-state index in [4.69, 9.17) is 19.9 Å². The van der Waals surface area contributed by atoms with Crippen molar-refractivity contribution in [2.24, 2.45) is 0 Å². The van der Waals surface area contributed by atoms with E-state index in [0.717, 1.165) is 0 Å². The van der Waals surface area contributed by atoms with Gasteiger partial charge in [0.05, 0.1) is 16.2 Å². The number of hydrogen-bond acceptors (Lipinski definition) is 8. The predicted octanol–water partition coefficient (Wildman–Crippen LogP) is 0.255. The van der Waals surface area contributed by atoms with Crippen molar-refractivity contribution >= 4 is 40.3 Å². The lowest BCUT2D eigenvalue weighted by molar-refractivity contribution is -0.174. The fourth-order valence-electron chi connectivity index (χ4n) is 2.44. The minimum Gasteiger partial charge on any atom is -0.463 e. The van der Waals surface area contributed by atoms with Crippen LogP contribution in [0.2, 0.25) is 0 Å². The van der Waals surface area contributed by atoms with Crippen LogP contribution in [-0.2, 0) is 23.8 Å². The van der Waals surface area contributed by atoms with E-state index in [0.29, 0.717) is 9.99 Å². The molecule has 9 nitrogen and oxygen atoms in total. The Kier molecular flexibility index (Phi) is 6.15. The molecule has 0 spiro atoms. The molecule has 0 bridgehead atoms.